The normalized spacial score (nSPS) is 11.6. The summed E-state index contributed by atoms with van der Waals surface area (Å²) in [7, 11) is 0. The van der Waals surface area contributed by atoms with E-state index in [4.69, 9.17) is 5.11 Å². The molecule has 0 aliphatic rings. The number of rotatable bonds is 5. The molecule has 1 aromatic carbocycles. The molecule has 0 saturated carbocycles. The van der Waals surface area contributed by atoms with Gasteiger partial charge in [-0.3, -0.25) is 4.79 Å². The van der Waals surface area contributed by atoms with Crippen LogP contribution in [0.15, 0.2) is 24.3 Å². The Morgan fingerprint density at radius 3 is 2.65 bits per heavy atom. The number of carboxylic acid groups (broad SMARTS) is 1. The lowest BCUT2D eigenvalue weighted by atomic mass is 10.1. The van der Waals surface area contributed by atoms with E-state index in [1.54, 1.807) is 6.07 Å². The van der Waals surface area contributed by atoms with Crippen molar-refractivity contribution in [2.45, 2.75) is 26.4 Å². The summed E-state index contributed by atoms with van der Waals surface area (Å²) >= 11 is 0. The average Bonchev–Trinajstić information content (AvgIpc) is 2.15. The van der Waals surface area contributed by atoms with Crippen molar-refractivity contribution in [1.82, 2.24) is 0 Å². The van der Waals surface area contributed by atoms with Gasteiger partial charge < -0.3 is 9.84 Å². The average molecular weight is 244 g/mol. The molecule has 5 heteroatoms. The van der Waals surface area contributed by atoms with Crippen molar-refractivity contribution in [1.29, 1.82) is 0 Å². The van der Waals surface area contributed by atoms with Gasteiger partial charge in [-0.05, 0) is 17.7 Å². The number of alkyl halides is 2. The van der Waals surface area contributed by atoms with Crippen molar-refractivity contribution in [3.05, 3.63) is 29.8 Å². The second-order valence-corrected chi connectivity index (χ2v) is 4.04. The minimum absolute atomic E-state index is 0.0255. The number of hydrogen-bond donors (Lipinski definition) is 1. The van der Waals surface area contributed by atoms with E-state index in [1.807, 2.05) is 0 Å². The summed E-state index contributed by atoms with van der Waals surface area (Å²) in [6.45, 7) is 2.70. The van der Waals surface area contributed by atoms with Crippen molar-refractivity contribution in [3.8, 4) is 5.75 Å². The van der Waals surface area contributed by atoms with E-state index in [9.17, 15) is 13.6 Å². The molecule has 0 amide bonds. The molecule has 0 saturated heterocycles. The molecule has 0 aromatic heterocycles. The van der Waals surface area contributed by atoms with Gasteiger partial charge in [-0.25, -0.2) is 0 Å². The molecular weight excluding hydrogens is 230 g/mol. The molecule has 17 heavy (non-hydrogen) atoms. The third-order valence-corrected chi connectivity index (χ3v) is 2.18. The molecule has 0 atom stereocenters. The van der Waals surface area contributed by atoms with Gasteiger partial charge in [0, 0.05) is 0 Å². The summed E-state index contributed by atoms with van der Waals surface area (Å²) in [6.07, 6.45) is -3.48. The Morgan fingerprint density at radius 2 is 2.12 bits per heavy atom. The van der Waals surface area contributed by atoms with Gasteiger partial charge in [0.05, 0.1) is 12.3 Å². The Hall–Kier alpha value is -1.65. The summed E-state index contributed by atoms with van der Waals surface area (Å²) in [5.41, 5.74) is 0.426. The van der Waals surface area contributed by atoms with Crippen LogP contribution >= 0.6 is 0 Å². The molecule has 1 N–H and O–H groups in total. The fraction of sp³-hybridized carbons (Fsp3) is 0.417. The van der Waals surface area contributed by atoms with E-state index >= 15 is 0 Å². The van der Waals surface area contributed by atoms with E-state index in [-0.39, 0.29) is 12.2 Å². The molecule has 0 bridgehead atoms. The fourth-order valence-electron chi connectivity index (χ4n) is 1.17. The fourth-order valence-corrected chi connectivity index (χ4v) is 1.17. The van der Waals surface area contributed by atoms with Crippen LogP contribution in [-0.2, 0) is 11.2 Å². The van der Waals surface area contributed by atoms with Crippen molar-refractivity contribution in [2.75, 3.05) is 0 Å². The second-order valence-electron chi connectivity index (χ2n) is 4.04. The van der Waals surface area contributed by atoms with Crippen LogP contribution in [0.1, 0.15) is 19.4 Å². The molecule has 3 nitrogen and oxygen atoms in total. The highest BCUT2D eigenvalue weighted by Gasteiger charge is 2.36. The van der Waals surface area contributed by atoms with Gasteiger partial charge in [0.25, 0.3) is 0 Å². The Balaban J connectivity index is 2.82. The summed E-state index contributed by atoms with van der Waals surface area (Å²) in [4.78, 5) is 10.5. The van der Waals surface area contributed by atoms with Crippen LogP contribution in [0.3, 0.4) is 0 Å². The number of hydrogen-bond acceptors (Lipinski definition) is 2. The quantitative estimate of drug-likeness (QED) is 0.866. The molecule has 1 rings (SSSR count). The lowest BCUT2D eigenvalue weighted by Crippen LogP contribution is -2.31. The molecule has 0 spiro atoms. The first kappa shape index (κ1) is 13.4. The molecule has 0 aliphatic heterocycles. The first-order valence-corrected chi connectivity index (χ1v) is 5.19. The summed E-state index contributed by atoms with van der Waals surface area (Å²) in [5.74, 6) is -1.99. The first-order valence-electron chi connectivity index (χ1n) is 5.19. The summed E-state index contributed by atoms with van der Waals surface area (Å²) in [5, 5.41) is 8.59. The number of halogens is 2. The Bertz CT molecular complexity index is 402. The maximum Gasteiger partial charge on any atom is 0.400 e. The highest BCUT2D eigenvalue weighted by Crippen LogP contribution is 2.28. The lowest BCUT2D eigenvalue weighted by Gasteiger charge is -2.21. The molecule has 1 aromatic rings. The number of aliphatic carboxylic acids is 1. The van der Waals surface area contributed by atoms with Gasteiger partial charge in [0.2, 0.25) is 0 Å². The van der Waals surface area contributed by atoms with Crippen molar-refractivity contribution in [2.24, 2.45) is 5.92 Å². The SMILES string of the molecule is CC(C)C(F)(F)Oc1cccc(CC(=O)O)c1. The van der Waals surface area contributed by atoms with Crippen LogP contribution in [0.5, 0.6) is 5.75 Å². The number of benzene rings is 1. The Labute approximate surface area is 98.0 Å². The monoisotopic (exact) mass is 244 g/mol. The third-order valence-electron chi connectivity index (χ3n) is 2.18. The second kappa shape index (κ2) is 5.12. The number of ether oxygens (including phenoxy) is 1. The van der Waals surface area contributed by atoms with Crippen molar-refractivity contribution < 1.29 is 23.4 Å². The predicted molar refractivity (Wildman–Crippen MR) is 58.2 cm³/mol. The largest absolute Gasteiger partial charge is 0.481 e. The molecule has 0 fully saturated rings. The maximum atomic E-state index is 13.3. The maximum absolute atomic E-state index is 13.3. The zero-order valence-electron chi connectivity index (χ0n) is 9.61. The van der Waals surface area contributed by atoms with Crippen LogP contribution in [0.25, 0.3) is 0 Å². The zero-order chi connectivity index (χ0) is 13.1. The van der Waals surface area contributed by atoms with E-state index in [1.165, 1.54) is 32.0 Å². The highest BCUT2D eigenvalue weighted by atomic mass is 19.3. The van der Waals surface area contributed by atoms with Crippen LogP contribution in [0.2, 0.25) is 0 Å². The Morgan fingerprint density at radius 1 is 1.47 bits per heavy atom. The van der Waals surface area contributed by atoms with E-state index < -0.39 is 18.0 Å². The van der Waals surface area contributed by atoms with E-state index in [0.29, 0.717) is 5.56 Å². The van der Waals surface area contributed by atoms with Gasteiger partial charge in [-0.2, -0.15) is 8.78 Å². The summed E-state index contributed by atoms with van der Waals surface area (Å²) < 4.78 is 31.1. The number of carboxylic acids is 1. The molecule has 94 valence electrons. The minimum atomic E-state index is -3.26. The first-order chi connectivity index (χ1) is 7.81. The van der Waals surface area contributed by atoms with Crippen molar-refractivity contribution in [3.63, 3.8) is 0 Å². The van der Waals surface area contributed by atoms with Crippen LogP contribution < -0.4 is 4.74 Å². The smallest absolute Gasteiger partial charge is 0.400 e. The molecule has 0 radical (unpaired) electrons. The van der Waals surface area contributed by atoms with Gasteiger partial charge in [-0.1, -0.05) is 26.0 Å². The number of carbonyl (C=O) groups is 1. The lowest BCUT2D eigenvalue weighted by molar-refractivity contribution is -0.207. The predicted octanol–water partition coefficient (Wildman–Crippen LogP) is 2.94. The molecule has 0 heterocycles. The van der Waals surface area contributed by atoms with Crippen molar-refractivity contribution >= 4 is 5.97 Å². The van der Waals surface area contributed by atoms with Gasteiger partial charge in [-0.15, -0.1) is 0 Å². The standard InChI is InChI=1S/C12H14F2O3/c1-8(2)12(13,14)17-10-5-3-4-9(6-10)7-11(15)16/h3-6,8H,7H2,1-2H3,(H,15,16). The van der Waals surface area contributed by atoms with Crippen LogP contribution in [0.4, 0.5) is 8.78 Å². The zero-order valence-corrected chi connectivity index (χ0v) is 9.61. The van der Waals surface area contributed by atoms with Gasteiger partial charge in [0.15, 0.2) is 0 Å². The van der Waals surface area contributed by atoms with Crippen LogP contribution in [-0.4, -0.2) is 17.2 Å². The highest BCUT2D eigenvalue weighted by molar-refractivity contribution is 5.70. The van der Waals surface area contributed by atoms with Crippen LogP contribution in [0, 0.1) is 5.92 Å². The summed E-state index contributed by atoms with van der Waals surface area (Å²) in [6, 6.07) is 5.73. The minimum Gasteiger partial charge on any atom is -0.481 e. The molecule has 0 aliphatic carbocycles. The third kappa shape index (κ3) is 4.01. The molecular formula is C12H14F2O3. The van der Waals surface area contributed by atoms with Gasteiger partial charge >= 0.3 is 12.1 Å². The Kier molecular flexibility index (Phi) is 4.04. The van der Waals surface area contributed by atoms with E-state index in [0.717, 1.165) is 0 Å². The van der Waals surface area contributed by atoms with Gasteiger partial charge in [0.1, 0.15) is 5.75 Å². The topological polar surface area (TPSA) is 46.5 Å². The van der Waals surface area contributed by atoms with E-state index in [2.05, 4.69) is 4.74 Å². The molecule has 0 unspecified atom stereocenters.